The number of thiophene rings is 1. The summed E-state index contributed by atoms with van der Waals surface area (Å²) < 4.78 is 5.65. The summed E-state index contributed by atoms with van der Waals surface area (Å²) in [5, 5.41) is 5.72. The predicted molar refractivity (Wildman–Crippen MR) is 85.2 cm³/mol. The zero-order valence-electron chi connectivity index (χ0n) is 11.5. The molecule has 0 spiro atoms. The van der Waals surface area contributed by atoms with Crippen molar-refractivity contribution in [2.75, 3.05) is 13.2 Å². The smallest absolute Gasteiger partial charge is 0.226 e. The number of halogens is 1. The number of rotatable bonds is 4. The summed E-state index contributed by atoms with van der Waals surface area (Å²) in [6.45, 7) is 1.09. The van der Waals surface area contributed by atoms with Crippen LogP contribution in [-0.2, 0) is 17.6 Å². The summed E-state index contributed by atoms with van der Waals surface area (Å²) in [4.78, 5) is 13.5. The molecule has 1 atom stereocenters. The molecule has 1 N–H and O–H groups in total. The maximum absolute atomic E-state index is 12.2. The molecule has 2 heterocycles. The minimum Gasteiger partial charge on any atom is -0.492 e. The molecule has 0 bridgehead atoms. The van der Waals surface area contributed by atoms with Crippen LogP contribution in [-0.4, -0.2) is 19.1 Å². The summed E-state index contributed by atoms with van der Waals surface area (Å²) >= 11 is 7.70. The Morgan fingerprint density at radius 2 is 2.33 bits per heavy atom. The number of amides is 1. The highest BCUT2D eigenvalue weighted by atomic mass is 35.5. The molecule has 0 fully saturated rings. The molecule has 3 nitrogen and oxygen atoms in total. The number of hydrogen-bond donors (Lipinski definition) is 1. The molecule has 21 heavy (non-hydrogen) atoms. The van der Waals surface area contributed by atoms with E-state index in [0.717, 1.165) is 17.7 Å². The van der Waals surface area contributed by atoms with E-state index in [9.17, 15) is 4.79 Å². The first kappa shape index (κ1) is 14.4. The second-order valence-electron chi connectivity index (χ2n) is 5.08. The van der Waals surface area contributed by atoms with Gasteiger partial charge in [-0.3, -0.25) is 4.79 Å². The van der Waals surface area contributed by atoms with Gasteiger partial charge < -0.3 is 10.1 Å². The zero-order valence-corrected chi connectivity index (χ0v) is 13.0. The largest absolute Gasteiger partial charge is 0.492 e. The van der Waals surface area contributed by atoms with Crippen LogP contribution in [0, 0.1) is 5.92 Å². The maximum Gasteiger partial charge on any atom is 0.226 e. The van der Waals surface area contributed by atoms with E-state index in [4.69, 9.17) is 16.3 Å². The van der Waals surface area contributed by atoms with Crippen LogP contribution in [0.2, 0.25) is 5.02 Å². The van der Waals surface area contributed by atoms with Crippen molar-refractivity contribution in [3.8, 4) is 5.75 Å². The van der Waals surface area contributed by atoms with E-state index in [1.54, 1.807) is 11.3 Å². The molecule has 1 amide bonds. The van der Waals surface area contributed by atoms with Gasteiger partial charge in [-0.05, 0) is 48.1 Å². The van der Waals surface area contributed by atoms with Crippen LogP contribution in [0.25, 0.3) is 0 Å². The Morgan fingerprint density at radius 3 is 3.14 bits per heavy atom. The van der Waals surface area contributed by atoms with Crippen LogP contribution >= 0.6 is 22.9 Å². The van der Waals surface area contributed by atoms with Crippen molar-refractivity contribution in [2.45, 2.75) is 12.8 Å². The number of benzene rings is 1. The van der Waals surface area contributed by atoms with Gasteiger partial charge in [-0.15, -0.1) is 11.3 Å². The monoisotopic (exact) mass is 321 g/mol. The Hall–Kier alpha value is -1.52. The second-order valence-corrected chi connectivity index (χ2v) is 6.55. The quantitative estimate of drug-likeness (QED) is 0.938. The van der Waals surface area contributed by atoms with E-state index in [0.29, 0.717) is 24.6 Å². The van der Waals surface area contributed by atoms with Crippen LogP contribution < -0.4 is 10.1 Å². The highest BCUT2D eigenvalue weighted by Gasteiger charge is 2.25. The van der Waals surface area contributed by atoms with Crippen molar-refractivity contribution in [1.82, 2.24) is 5.32 Å². The molecule has 0 saturated heterocycles. The summed E-state index contributed by atoms with van der Waals surface area (Å²) in [7, 11) is 0. The fourth-order valence-electron chi connectivity index (χ4n) is 2.44. The highest BCUT2D eigenvalue weighted by Crippen LogP contribution is 2.29. The predicted octanol–water partition coefficient (Wildman–Crippen LogP) is 3.31. The lowest BCUT2D eigenvalue weighted by molar-refractivity contribution is -0.126. The first-order chi connectivity index (χ1) is 10.2. The molecule has 1 aromatic heterocycles. The first-order valence-corrected chi connectivity index (χ1v) is 8.19. The fourth-order valence-corrected chi connectivity index (χ4v) is 3.34. The maximum atomic E-state index is 12.2. The van der Waals surface area contributed by atoms with Crippen LogP contribution in [0.3, 0.4) is 0 Å². The van der Waals surface area contributed by atoms with Gasteiger partial charge in [-0.2, -0.15) is 0 Å². The molecule has 110 valence electrons. The van der Waals surface area contributed by atoms with Gasteiger partial charge >= 0.3 is 0 Å². The Kier molecular flexibility index (Phi) is 4.46. The van der Waals surface area contributed by atoms with Gasteiger partial charge in [0.05, 0.1) is 5.92 Å². The Morgan fingerprint density at radius 1 is 1.43 bits per heavy atom. The lowest BCUT2D eigenvalue weighted by atomic mass is 9.96. The molecule has 0 saturated carbocycles. The summed E-state index contributed by atoms with van der Waals surface area (Å²) in [5.41, 5.74) is 1.01. The number of ether oxygens (including phenoxy) is 1. The van der Waals surface area contributed by atoms with E-state index in [-0.39, 0.29) is 11.8 Å². The fraction of sp³-hybridized carbons (Fsp3) is 0.312. The summed E-state index contributed by atoms with van der Waals surface area (Å²) in [6.07, 6.45) is 1.56. The van der Waals surface area contributed by atoms with Crippen molar-refractivity contribution in [2.24, 2.45) is 5.92 Å². The molecular formula is C16H16ClNO2S. The van der Waals surface area contributed by atoms with Crippen molar-refractivity contribution in [1.29, 1.82) is 0 Å². The summed E-state index contributed by atoms with van der Waals surface area (Å²) in [6, 6.07) is 9.66. The van der Waals surface area contributed by atoms with Gasteiger partial charge in [0, 0.05) is 16.4 Å². The number of carbonyl (C=O) groups is 1. The SMILES string of the molecule is O=C(NCCc1cccs1)C1COc2ccc(Cl)cc2C1. The van der Waals surface area contributed by atoms with E-state index < -0.39 is 0 Å². The van der Waals surface area contributed by atoms with Crippen LogP contribution in [0.4, 0.5) is 0 Å². The molecule has 1 aliphatic heterocycles. The van der Waals surface area contributed by atoms with E-state index in [2.05, 4.69) is 11.4 Å². The van der Waals surface area contributed by atoms with Crippen LogP contribution in [0.15, 0.2) is 35.7 Å². The normalized spacial score (nSPS) is 16.9. The standard InChI is InChI=1S/C16H16ClNO2S/c17-13-3-4-15-11(9-13)8-12(10-20-15)16(19)18-6-5-14-2-1-7-21-14/h1-4,7,9,12H,5-6,8,10H2,(H,18,19). The minimum absolute atomic E-state index is 0.0529. The summed E-state index contributed by atoms with van der Waals surface area (Å²) in [5.74, 6) is 0.749. The molecular weight excluding hydrogens is 306 g/mol. The van der Waals surface area contributed by atoms with Crippen molar-refractivity contribution >= 4 is 28.8 Å². The number of carbonyl (C=O) groups excluding carboxylic acids is 1. The highest BCUT2D eigenvalue weighted by molar-refractivity contribution is 7.09. The van der Waals surface area contributed by atoms with Gasteiger partial charge in [0.25, 0.3) is 0 Å². The van der Waals surface area contributed by atoms with Gasteiger partial charge in [0.15, 0.2) is 0 Å². The number of fused-ring (bicyclic) bond motifs is 1. The molecule has 5 heteroatoms. The van der Waals surface area contributed by atoms with Gasteiger partial charge in [-0.1, -0.05) is 17.7 Å². The lowest BCUT2D eigenvalue weighted by Gasteiger charge is -2.24. The van der Waals surface area contributed by atoms with Gasteiger partial charge in [0.1, 0.15) is 12.4 Å². The van der Waals surface area contributed by atoms with Crippen LogP contribution in [0.5, 0.6) is 5.75 Å². The number of hydrogen-bond acceptors (Lipinski definition) is 3. The Labute approximate surface area is 132 Å². The van der Waals surface area contributed by atoms with Crippen molar-refractivity contribution in [3.63, 3.8) is 0 Å². The second kappa shape index (κ2) is 6.50. The Bertz CT molecular complexity index is 627. The van der Waals surface area contributed by atoms with E-state index >= 15 is 0 Å². The van der Waals surface area contributed by atoms with Gasteiger partial charge in [-0.25, -0.2) is 0 Å². The average Bonchev–Trinajstić information content (AvgIpc) is 2.99. The zero-order chi connectivity index (χ0) is 14.7. The molecule has 2 aromatic rings. The van der Waals surface area contributed by atoms with Crippen LogP contribution in [0.1, 0.15) is 10.4 Å². The van der Waals surface area contributed by atoms with Gasteiger partial charge in [0.2, 0.25) is 5.91 Å². The minimum atomic E-state index is -0.140. The van der Waals surface area contributed by atoms with Crippen molar-refractivity contribution < 1.29 is 9.53 Å². The third-order valence-electron chi connectivity index (χ3n) is 3.55. The van der Waals surface area contributed by atoms with Crippen molar-refractivity contribution in [3.05, 3.63) is 51.2 Å². The third kappa shape index (κ3) is 3.57. The molecule has 1 aliphatic rings. The molecule has 3 rings (SSSR count). The third-order valence-corrected chi connectivity index (χ3v) is 4.72. The molecule has 1 unspecified atom stereocenters. The Balaban J connectivity index is 1.54. The lowest BCUT2D eigenvalue weighted by Crippen LogP contribution is -2.38. The topological polar surface area (TPSA) is 38.3 Å². The van der Waals surface area contributed by atoms with E-state index in [1.165, 1.54) is 4.88 Å². The average molecular weight is 322 g/mol. The first-order valence-electron chi connectivity index (χ1n) is 6.93. The molecule has 0 aliphatic carbocycles. The number of nitrogens with one attached hydrogen (secondary N) is 1. The van der Waals surface area contributed by atoms with E-state index in [1.807, 2.05) is 29.6 Å². The molecule has 0 radical (unpaired) electrons. The molecule has 1 aromatic carbocycles.